The third-order valence-corrected chi connectivity index (χ3v) is 6.92. The van der Waals surface area contributed by atoms with E-state index < -0.39 is 21.9 Å². The largest absolute Gasteiger partial charge is 0.494 e. The van der Waals surface area contributed by atoms with Crippen molar-refractivity contribution in [3.8, 4) is 17.0 Å². The van der Waals surface area contributed by atoms with E-state index >= 15 is 0 Å². The molecule has 0 saturated heterocycles. The maximum Gasteiger partial charge on any atom is 0.305 e. The van der Waals surface area contributed by atoms with Gasteiger partial charge in [0.05, 0.1) is 36.1 Å². The first-order chi connectivity index (χ1) is 20.4. The van der Waals surface area contributed by atoms with Crippen LogP contribution >= 0.6 is 0 Å². The van der Waals surface area contributed by atoms with Gasteiger partial charge in [-0.05, 0) is 32.3 Å². The van der Waals surface area contributed by atoms with Crippen LogP contribution in [0.1, 0.15) is 0 Å². The zero-order chi connectivity index (χ0) is 31.3. The number of ether oxygens (including phenoxy) is 1. The highest BCUT2D eigenvalue weighted by Crippen LogP contribution is 2.38. The fourth-order valence-electron chi connectivity index (χ4n) is 4.32. The molecule has 2 N–H and O–H groups in total. The van der Waals surface area contributed by atoms with E-state index in [2.05, 4.69) is 19.8 Å². The molecule has 0 atom stereocenters. The Bertz CT molecular complexity index is 1770. The van der Waals surface area contributed by atoms with Crippen LogP contribution in [0, 0.1) is 0 Å². The number of amides is 1. The van der Waals surface area contributed by atoms with Crippen LogP contribution in [0.3, 0.4) is 0 Å². The third kappa shape index (κ3) is 7.78. The minimum atomic E-state index is -4.00. The van der Waals surface area contributed by atoms with E-state index in [4.69, 9.17) is 9.72 Å². The highest BCUT2D eigenvalue weighted by atomic mass is 32.2. The Labute approximate surface area is 249 Å². The van der Waals surface area contributed by atoms with Gasteiger partial charge < -0.3 is 33.9 Å². The Balaban J connectivity index is 1.71. The number of aryl methyl sites for hydroxylation is 1. The molecule has 0 aliphatic carbocycles. The number of aromatic nitrogens is 3. The minimum absolute atomic E-state index is 0.225. The quantitative estimate of drug-likeness (QED) is 0.137. The van der Waals surface area contributed by atoms with E-state index in [0.29, 0.717) is 35.9 Å². The number of para-hydroxylation sites is 1. The van der Waals surface area contributed by atoms with Crippen molar-refractivity contribution in [2.75, 3.05) is 63.1 Å². The first kappa shape index (κ1) is 31.3. The maximum absolute atomic E-state index is 14.5. The molecule has 0 radical (unpaired) electrons. The lowest BCUT2D eigenvalue weighted by Gasteiger charge is -2.26. The summed E-state index contributed by atoms with van der Waals surface area (Å²) in [5, 5.41) is 6.69. The Morgan fingerprint density at radius 1 is 1.12 bits per heavy atom. The van der Waals surface area contributed by atoms with Crippen molar-refractivity contribution in [2.24, 2.45) is 7.05 Å². The highest BCUT2D eigenvalue weighted by Gasteiger charge is 2.20. The lowest BCUT2D eigenvalue weighted by atomic mass is 10.1. The number of likely N-dealkylation sites (N-methyl/N-ethyl adjacent to an activating group) is 2. The van der Waals surface area contributed by atoms with Gasteiger partial charge in [0.1, 0.15) is 12.0 Å². The summed E-state index contributed by atoms with van der Waals surface area (Å²) in [7, 11) is 5.14. The van der Waals surface area contributed by atoms with Gasteiger partial charge in [-0.15, -0.1) is 0 Å². The molecule has 2 aromatic carbocycles. The second kappa shape index (κ2) is 13.1. The van der Waals surface area contributed by atoms with Gasteiger partial charge in [0.2, 0.25) is 11.8 Å². The summed E-state index contributed by atoms with van der Waals surface area (Å²) in [6.45, 7) is 1.26. The number of halogens is 1. The topological polar surface area (TPSA) is 131 Å². The number of rotatable bonds is 12. The Morgan fingerprint density at radius 3 is 2.56 bits per heavy atom. The number of methoxy groups -OCH3 is 1. The van der Waals surface area contributed by atoms with Crippen LogP contribution in [0.5, 0.6) is 5.75 Å². The maximum atomic E-state index is 14.5. The lowest BCUT2D eigenvalue weighted by Crippen LogP contribution is -2.29. The van der Waals surface area contributed by atoms with Crippen molar-refractivity contribution in [2.45, 2.75) is 0 Å². The number of hydrogen-bond donors (Lipinski definition) is 2. The van der Waals surface area contributed by atoms with Crippen LogP contribution in [0.15, 0.2) is 66.9 Å². The molecule has 0 fully saturated rings. The number of hydrogen-bond acceptors (Lipinski definition) is 10. The fraction of sp³-hybridized carbons (Fsp3) is 0.276. The van der Waals surface area contributed by atoms with Crippen molar-refractivity contribution in [1.29, 1.82) is 0 Å². The standard InChI is InChI=1S/C29H34FN7O5S/c1-35(2)13-14-36(3)26-16-27(41-5)24(15-23(26)32-28(38)21(30)18-42-43(6,39)40)34-29-31-12-11-22(33-29)20-17-37(4)25-10-8-7-9-19(20)25/h7-12,15-18H,13-14H2,1-6H3,(H,32,38)(H,31,33,34)/b21-18-. The summed E-state index contributed by atoms with van der Waals surface area (Å²) in [4.78, 5) is 25.6. The van der Waals surface area contributed by atoms with E-state index in [9.17, 15) is 17.6 Å². The molecule has 2 heterocycles. The molecule has 0 aliphatic rings. The molecule has 43 heavy (non-hydrogen) atoms. The molecule has 14 heteroatoms. The normalized spacial score (nSPS) is 12.0. The average molecular weight is 612 g/mol. The molecule has 4 aromatic rings. The van der Waals surface area contributed by atoms with E-state index in [1.54, 1.807) is 18.3 Å². The van der Waals surface area contributed by atoms with Crippen LogP contribution in [-0.2, 0) is 26.1 Å². The van der Waals surface area contributed by atoms with Crippen molar-refractivity contribution >= 4 is 49.9 Å². The van der Waals surface area contributed by atoms with Crippen molar-refractivity contribution in [3.63, 3.8) is 0 Å². The first-order valence-electron chi connectivity index (χ1n) is 13.1. The number of nitrogens with zero attached hydrogens (tertiary/aromatic N) is 5. The second-order valence-corrected chi connectivity index (χ2v) is 11.7. The summed E-state index contributed by atoms with van der Waals surface area (Å²) in [5.74, 6) is -1.94. The molecule has 2 aromatic heterocycles. The molecular weight excluding hydrogens is 577 g/mol. The molecule has 1 amide bonds. The van der Waals surface area contributed by atoms with Gasteiger partial charge in [0.15, 0.2) is 0 Å². The van der Waals surface area contributed by atoms with E-state index in [-0.39, 0.29) is 17.9 Å². The van der Waals surface area contributed by atoms with Crippen LogP contribution < -0.4 is 20.3 Å². The third-order valence-electron chi connectivity index (χ3n) is 6.48. The van der Waals surface area contributed by atoms with Gasteiger partial charge in [0.25, 0.3) is 5.91 Å². The number of anilines is 4. The van der Waals surface area contributed by atoms with Crippen LogP contribution in [0.2, 0.25) is 0 Å². The molecule has 228 valence electrons. The molecule has 0 unspecified atom stereocenters. The van der Waals surface area contributed by atoms with Crippen LogP contribution in [0.25, 0.3) is 22.2 Å². The summed E-state index contributed by atoms with van der Waals surface area (Å²) < 4.78 is 49.0. The number of carbonyl (C=O) groups is 1. The smallest absolute Gasteiger partial charge is 0.305 e. The number of carbonyl (C=O) groups excluding carboxylic acids is 1. The molecular formula is C29H34FN7O5S. The Morgan fingerprint density at radius 2 is 1.86 bits per heavy atom. The number of benzene rings is 2. The van der Waals surface area contributed by atoms with Crippen molar-refractivity contribution < 1.29 is 26.5 Å². The minimum Gasteiger partial charge on any atom is -0.494 e. The van der Waals surface area contributed by atoms with Crippen LogP contribution in [-0.4, -0.2) is 81.4 Å². The van der Waals surface area contributed by atoms with Gasteiger partial charge in [-0.2, -0.15) is 12.8 Å². The zero-order valence-corrected chi connectivity index (χ0v) is 25.6. The van der Waals surface area contributed by atoms with Crippen molar-refractivity contribution in [1.82, 2.24) is 19.4 Å². The Hall–Kier alpha value is -4.69. The summed E-state index contributed by atoms with van der Waals surface area (Å²) >= 11 is 0. The summed E-state index contributed by atoms with van der Waals surface area (Å²) in [6, 6.07) is 13.1. The van der Waals surface area contributed by atoms with E-state index in [0.717, 1.165) is 22.7 Å². The van der Waals surface area contributed by atoms with Crippen molar-refractivity contribution in [3.05, 3.63) is 66.9 Å². The summed E-state index contributed by atoms with van der Waals surface area (Å²) in [5.41, 5.74) is 3.83. The van der Waals surface area contributed by atoms with E-state index in [1.165, 1.54) is 7.11 Å². The monoisotopic (exact) mass is 611 g/mol. The van der Waals surface area contributed by atoms with Gasteiger partial charge in [-0.25, -0.2) is 9.97 Å². The fourth-order valence-corrected chi connectivity index (χ4v) is 4.58. The highest BCUT2D eigenvalue weighted by molar-refractivity contribution is 7.86. The zero-order valence-electron chi connectivity index (χ0n) is 24.8. The molecule has 0 spiro atoms. The summed E-state index contributed by atoms with van der Waals surface area (Å²) in [6.07, 6.45) is 4.62. The molecule has 0 bridgehead atoms. The molecule has 0 saturated carbocycles. The second-order valence-electron chi connectivity index (χ2n) is 10.1. The first-order valence-corrected chi connectivity index (χ1v) is 15.0. The van der Waals surface area contributed by atoms with Gasteiger partial charge in [0, 0.05) is 62.1 Å². The molecule has 4 rings (SSSR count). The van der Waals surface area contributed by atoms with Gasteiger partial charge in [-0.1, -0.05) is 18.2 Å². The predicted molar refractivity (Wildman–Crippen MR) is 166 cm³/mol. The van der Waals surface area contributed by atoms with E-state index in [1.807, 2.05) is 79.1 Å². The van der Waals surface area contributed by atoms with Crippen LogP contribution in [0.4, 0.5) is 27.4 Å². The number of fused-ring (bicyclic) bond motifs is 1. The van der Waals surface area contributed by atoms with Gasteiger partial charge in [-0.3, -0.25) is 4.79 Å². The Kier molecular flexibility index (Phi) is 9.51. The predicted octanol–water partition coefficient (Wildman–Crippen LogP) is 4.11. The molecule has 0 aliphatic heterocycles. The SMILES string of the molecule is COc1cc(N(C)CCN(C)C)c(NC(=O)/C(F)=C/OS(C)(=O)=O)cc1Nc1nccc(-c2cn(C)c3ccccc23)n1. The average Bonchev–Trinajstić information content (AvgIpc) is 3.31. The number of nitrogens with one attached hydrogen (secondary N) is 2. The molecule has 12 nitrogen and oxygen atoms in total. The van der Waals surface area contributed by atoms with Gasteiger partial charge >= 0.3 is 10.1 Å². The lowest BCUT2D eigenvalue weighted by molar-refractivity contribution is -0.114.